The fourth-order valence-corrected chi connectivity index (χ4v) is 3.17. The number of hydrogen-bond donors (Lipinski definition) is 2. The molecule has 0 aromatic heterocycles. The van der Waals surface area contributed by atoms with E-state index in [-0.39, 0.29) is 6.09 Å². The zero-order valence-electron chi connectivity index (χ0n) is 15.6. The highest BCUT2D eigenvalue weighted by molar-refractivity contribution is 5.80. The molecule has 2 aliphatic rings. The SMILES string of the molecule is CCN(CCNC(=NC)NC1CC2CCC1O2)C(=O)OC(C)(C)C. The lowest BCUT2D eigenvalue weighted by molar-refractivity contribution is 0.0264. The normalized spacial score (nSPS) is 26.4. The van der Waals surface area contributed by atoms with Gasteiger partial charge in [0.1, 0.15) is 5.60 Å². The molecule has 0 saturated carbocycles. The Kier molecular flexibility index (Phi) is 6.32. The molecule has 2 aliphatic heterocycles. The topological polar surface area (TPSA) is 75.2 Å². The number of amides is 1. The first kappa shape index (κ1) is 18.8. The van der Waals surface area contributed by atoms with Crippen LogP contribution in [0, 0.1) is 0 Å². The van der Waals surface area contributed by atoms with Crippen LogP contribution < -0.4 is 10.6 Å². The number of ether oxygens (including phenoxy) is 2. The number of likely N-dealkylation sites (N-methyl/N-ethyl adjacent to an activating group) is 1. The molecule has 2 fully saturated rings. The van der Waals surface area contributed by atoms with E-state index < -0.39 is 5.60 Å². The van der Waals surface area contributed by atoms with E-state index in [0.717, 1.165) is 18.8 Å². The number of carbonyl (C=O) groups is 1. The quantitative estimate of drug-likeness (QED) is 0.589. The predicted octanol–water partition coefficient (Wildman–Crippen LogP) is 1.73. The van der Waals surface area contributed by atoms with Gasteiger partial charge in [-0.2, -0.15) is 0 Å². The van der Waals surface area contributed by atoms with Crippen LogP contribution in [0.5, 0.6) is 0 Å². The van der Waals surface area contributed by atoms with Crippen LogP contribution in [0.3, 0.4) is 0 Å². The molecule has 2 bridgehead atoms. The molecule has 138 valence electrons. The number of nitrogens with one attached hydrogen (secondary N) is 2. The second kappa shape index (κ2) is 8.05. The maximum atomic E-state index is 12.1. The maximum Gasteiger partial charge on any atom is 0.410 e. The van der Waals surface area contributed by atoms with E-state index >= 15 is 0 Å². The van der Waals surface area contributed by atoms with Crippen molar-refractivity contribution < 1.29 is 14.3 Å². The van der Waals surface area contributed by atoms with Crippen molar-refractivity contribution >= 4 is 12.1 Å². The number of aliphatic imine (C=N–C) groups is 1. The molecular weight excluding hydrogens is 308 g/mol. The third kappa shape index (κ3) is 5.26. The Bertz CT molecular complexity index is 461. The Morgan fingerprint density at radius 3 is 2.62 bits per heavy atom. The molecule has 0 aromatic carbocycles. The van der Waals surface area contributed by atoms with Gasteiger partial charge in [-0.25, -0.2) is 4.79 Å². The van der Waals surface area contributed by atoms with Crippen LogP contribution in [-0.4, -0.2) is 67.5 Å². The van der Waals surface area contributed by atoms with Crippen LogP contribution in [0.1, 0.15) is 47.0 Å². The van der Waals surface area contributed by atoms with Crippen molar-refractivity contribution in [1.29, 1.82) is 0 Å². The minimum absolute atomic E-state index is 0.281. The molecule has 7 heteroatoms. The Morgan fingerprint density at radius 2 is 2.12 bits per heavy atom. The van der Waals surface area contributed by atoms with Gasteiger partial charge in [0.25, 0.3) is 0 Å². The van der Waals surface area contributed by atoms with Gasteiger partial charge in [0.2, 0.25) is 0 Å². The van der Waals surface area contributed by atoms with E-state index in [4.69, 9.17) is 9.47 Å². The smallest absolute Gasteiger partial charge is 0.410 e. The lowest BCUT2D eigenvalue weighted by Crippen LogP contribution is -2.49. The summed E-state index contributed by atoms with van der Waals surface area (Å²) in [4.78, 5) is 18.1. The first-order valence-corrected chi connectivity index (χ1v) is 8.93. The summed E-state index contributed by atoms with van der Waals surface area (Å²) in [6.45, 7) is 9.38. The molecule has 0 aromatic rings. The molecule has 3 atom stereocenters. The van der Waals surface area contributed by atoms with Gasteiger partial charge in [0, 0.05) is 26.7 Å². The maximum absolute atomic E-state index is 12.1. The number of guanidine groups is 1. The minimum Gasteiger partial charge on any atom is -0.444 e. The molecule has 2 rings (SSSR count). The van der Waals surface area contributed by atoms with E-state index in [2.05, 4.69) is 15.6 Å². The fraction of sp³-hybridized carbons (Fsp3) is 0.882. The average Bonchev–Trinajstić information content (AvgIpc) is 3.11. The third-order valence-electron chi connectivity index (χ3n) is 4.36. The third-order valence-corrected chi connectivity index (χ3v) is 4.36. The summed E-state index contributed by atoms with van der Waals surface area (Å²) in [5.41, 5.74) is -0.475. The first-order valence-electron chi connectivity index (χ1n) is 8.93. The number of hydrogen-bond acceptors (Lipinski definition) is 4. The summed E-state index contributed by atoms with van der Waals surface area (Å²) in [5, 5.41) is 6.71. The highest BCUT2D eigenvalue weighted by Crippen LogP contribution is 2.34. The number of nitrogens with zero attached hydrogens (tertiary/aromatic N) is 2. The van der Waals surface area contributed by atoms with Crippen molar-refractivity contribution in [2.45, 2.75) is 70.8 Å². The largest absolute Gasteiger partial charge is 0.444 e. The summed E-state index contributed by atoms with van der Waals surface area (Å²) in [6, 6.07) is 0.336. The second-order valence-electron chi connectivity index (χ2n) is 7.42. The van der Waals surface area contributed by atoms with Crippen molar-refractivity contribution in [3.8, 4) is 0 Å². The number of fused-ring (bicyclic) bond motifs is 2. The molecule has 7 nitrogen and oxygen atoms in total. The number of rotatable bonds is 5. The van der Waals surface area contributed by atoms with E-state index in [1.807, 2.05) is 27.7 Å². The van der Waals surface area contributed by atoms with Gasteiger partial charge >= 0.3 is 6.09 Å². The van der Waals surface area contributed by atoms with Gasteiger partial charge in [-0.3, -0.25) is 4.99 Å². The second-order valence-corrected chi connectivity index (χ2v) is 7.42. The molecule has 0 aliphatic carbocycles. The first-order chi connectivity index (χ1) is 11.3. The van der Waals surface area contributed by atoms with Gasteiger partial charge < -0.3 is 25.0 Å². The van der Waals surface area contributed by atoms with Crippen LogP contribution in [0.25, 0.3) is 0 Å². The van der Waals surface area contributed by atoms with E-state index in [1.54, 1.807) is 11.9 Å². The predicted molar refractivity (Wildman–Crippen MR) is 94.3 cm³/mol. The monoisotopic (exact) mass is 340 g/mol. The molecular formula is C17H32N4O3. The Hall–Kier alpha value is -1.50. The van der Waals surface area contributed by atoms with Gasteiger partial charge in [-0.05, 0) is 47.0 Å². The summed E-state index contributed by atoms with van der Waals surface area (Å²) in [6.07, 6.45) is 3.79. The van der Waals surface area contributed by atoms with Gasteiger partial charge in [0.15, 0.2) is 5.96 Å². The van der Waals surface area contributed by atoms with Crippen molar-refractivity contribution in [2.24, 2.45) is 4.99 Å². The van der Waals surface area contributed by atoms with E-state index in [1.165, 1.54) is 6.42 Å². The molecule has 24 heavy (non-hydrogen) atoms. The Balaban J connectivity index is 1.73. The standard InChI is InChI=1S/C17H32N4O3/c1-6-21(16(22)24-17(2,3)4)10-9-19-15(18-5)20-13-11-12-7-8-14(13)23-12/h12-14H,6-11H2,1-5H3,(H2,18,19,20). The van der Waals surface area contributed by atoms with Crippen LogP contribution in [0.4, 0.5) is 4.79 Å². The number of carbonyl (C=O) groups excluding carboxylic acids is 1. The Labute approximate surface area is 145 Å². The zero-order chi connectivity index (χ0) is 17.7. The van der Waals surface area contributed by atoms with Gasteiger partial charge in [0.05, 0.1) is 18.2 Å². The molecule has 2 N–H and O–H groups in total. The minimum atomic E-state index is -0.475. The van der Waals surface area contributed by atoms with E-state index in [0.29, 0.717) is 37.9 Å². The molecule has 1 amide bonds. The molecule has 0 radical (unpaired) electrons. The van der Waals surface area contributed by atoms with Crippen molar-refractivity contribution in [2.75, 3.05) is 26.7 Å². The lowest BCUT2D eigenvalue weighted by atomic mass is 9.96. The van der Waals surface area contributed by atoms with Crippen LogP contribution >= 0.6 is 0 Å². The van der Waals surface area contributed by atoms with Crippen LogP contribution in [0.2, 0.25) is 0 Å². The van der Waals surface area contributed by atoms with Crippen molar-refractivity contribution in [1.82, 2.24) is 15.5 Å². The zero-order valence-corrected chi connectivity index (χ0v) is 15.6. The van der Waals surface area contributed by atoms with Gasteiger partial charge in [-0.15, -0.1) is 0 Å². The van der Waals surface area contributed by atoms with Gasteiger partial charge in [-0.1, -0.05) is 0 Å². The van der Waals surface area contributed by atoms with Crippen molar-refractivity contribution in [3.05, 3.63) is 0 Å². The van der Waals surface area contributed by atoms with Crippen LogP contribution in [-0.2, 0) is 9.47 Å². The molecule has 0 spiro atoms. The average molecular weight is 340 g/mol. The Morgan fingerprint density at radius 1 is 1.38 bits per heavy atom. The molecule has 2 saturated heterocycles. The highest BCUT2D eigenvalue weighted by Gasteiger charge is 2.41. The summed E-state index contributed by atoms with van der Waals surface area (Å²) >= 11 is 0. The summed E-state index contributed by atoms with van der Waals surface area (Å²) in [7, 11) is 1.76. The van der Waals surface area contributed by atoms with Crippen molar-refractivity contribution in [3.63, 3.8) is 0 Å². The highest BCUT2D eigenvalue weighted by atomic mass is 16.6. The fourth-order valence-electron chi connectivity index (χ4n) is 3.17. The van der Waals surface area contributed by atoms with E-state index in [9.17, 15) is 4.79 Å². The molecule has 3 unspecified atom stereocenters. The van der Waals surface area contributed by atoms with Crippen LogP contribution in [0.15, 0.2) is 4.99 Å². The summed E-state index contributed by atoms with van der Waals surface area (Å²) < 4.78 is 11.3. The molecule has 2 heterocycles. The lowest BCUT2D eigenvalue weighted by Gasteiger charge is -2.27. The summed E-state index contributed by atoms with van der Waals surface area (Å²) in [5.74, 6) is 0.761.